The lowest BCUT2D eigenvalue weighted by Crippen LogP contribution is -2.57. The highest BCUT2D eigenvalue weighted by molar-refractivity contribution is 7.13. The molecule has 332 valence electrons. The van der Waals surface area contributed by atoms with Crippen LogP contribution in [0, 0.1) is 12.3 Å². The van der Waals surface area contributed by atoms with Gasteiger partial charge in [-0.3, -0.25) is 43.8 Å². The summed E-state index contributed by atoms with van der Waals surface area (Å²) in [6, 6.07) is 9.95. The zero-order valence-corrected chi connectivity index (χ0v) is 36.8. The molecule has 3 aliphatic rings. The van der Waals surface area contributed by atoms with Gasteiger partial charge in [0, 0.05) is 32.4 Å². The van der Waals surface area contributed by atoms with Gasteiger partial charge in [0.1, 0.15) is 23.9 Å². The standard InChI is InChI=1S/C46H58N6O9S/c1-28-39(62-27-48-28)30-19-17-29(18-20-30)25-47-41(56)34-24-31(53)26-51(34)45(60)40(46(2,3)4)49-36(54)16-11-9-7-5-6-8-10-12-23-61-35-15-13-14-32-38(35)44(59)52(43(32)58)33-21-22-37(55)50-42(33)57/h13-15,17-20,27,31,33-34,40,53H,5-12,16,21-26H2,1-4H3,(H,47,56)(H,49,54)(H,50,55,57). The number of β-amino-alcohol motifs (C(OH)–C–C–N with tert-alkyl or cyclic N) is 1. The Bertz CT molecular complexity index is 2150. The second-order valence-electron chi connectivity index (χ2n) is 17.5. The highest BCUT2D eigenvalue weighted by Crippen LogP contribution is 2.34. The number of rotatable bonds is 19. The quantitative estimate of drug-likeness (QED) is 0.0914. The van der Waals surface area contributed by atoms with Crippen molar-refractivity contribution in [3.63, 3.8) is 0 Å². The van der Waals surface area contributed by atoms with Crippen LogP contribution in [0.1, 0.15) is 130 Å². The predicted molar refractivity (Wildman–Crippen MR) is 232 cm³/mol. The van der Waals surface area contributed by atoms with Gasteiger partial charge in [0.2, 0.25) is 29.5 Å². The van der Waals surface area contributed by atoms with Gasteiger partial charge in [0.15, 0.2) is 0 Å². The molecule has 16 heteroatoms. The Balaban J connectivity index is 0.867. The van der Waals surface area contributed by atoms with Crippen LogP contribution in [0.3, 0.4) is 0 Å². The van der Waals surface area contributed by atoms with Gasteiger partial charge in [-0.15, -0.1) is 11.3 Å². The van der Waals surface area contributed by atoms with Crippen LogP contribution in [0.5, 0.6) is 5.75 Å². The predicted octanol–water partition coefficient (Wildman–Crippen LogP) is 5.22. The van der Waals surface area contributed by atoms with E-state index in [1.54, 1.807) is 29.5 Å². The molecule has 0 saturated carbocycles. The normalized spacial score (nSPS) is 19.3. The van der Waals surface area contributed by atoms with Gasteiger partial charge in [-0.25, -0.2) is 4.98 Å². The van der Waals surface area contributed by atoms with Gasteiger partial charge in [0.05, 0.1) is 39.9 Å². The Morgan fingerprint density at radius 3 is 2.31 bits per heavy atom. The van der Waals surface area contributed by atoms with Gasteiger partial charge in [-0.2, -0.15) is 0 Å². The largest absolute Gasteiger partial charge is 0.493 e. The number of fused-ring (bicyclic) bond motifs is 1. The number of aromatic nitrogens is 1. The summed E-state index contributed by atoms with van der Waals surface area (Å²) in [5, 5.41) is 18.6. The van der Waals surface area contributed by atoms with Crippen LogP contribution < -0.4 is 20.7 Å². The van der Waals surface area contributed by atoms with Gasteiger partial charge in [-0.1, -0.05) is 89.6 Å². The SMILES string of the molecule is Cc1ncsc1-c1ccc(CNC(=O)C2CC(O)CN2C(=O)C(NC(=O)CCCCCCCCCCOc2cccc3c2C(=O)N(C2CCC(=O)NC2=O)C3=O)C(C)(C)C)cc1. The van der Waals surface area contributed by atoms with E-state index in [2.05, 4.69) is 20.9 Å². The first kappa shape index (κ1) is 46.0. The van der Waals surface area contributed by atoms with E-state index in [1.807, 2.05) is 57.5 Å². The Labute approximate surface area is 366 Å². The zero-order valence-electron chi connectivity index (χ0n) is 36.0. The fraction of sp³-hybridized carbons (Fsp3) is 0.522. The molecule has 4 N–H and O–H groups in total. The molecule has 2 aromatic carbocycles. The summed E-state index contributed by atoms with van der Waals surface area (Å²) >= 11 is 1.57. The maximum Gasteiger partial charge on any atom is 0.266 e. The number of nitrogens with one attached hydrogen (secondary N) is 3. The number of aliphatic hydroxyl groups excluding tert-OH is 1. The molecule has 62 heavy (non-hydrogen) atoms. The molecule has 0 radical (unpaired) electrons. The number of hydrogen-bond acceptors (Lipinski definition) is 11. The molecule has 0 aliphatic carbocycles. The number of amides is 7. The topological polar surface area (TPSA) is 204 Å². The monoisotopic (exact) mass is 870 g/mol. The fourth-order valence-corrected chi connectivity index (χ4v) is 9.06. The summed E-state index contributed by atoms with van der Waals surface area (Å²) in [6.07, 6.45) is 6.84. The number of likely N-dealkylation sites (tertiary alicyclic amines) is 1. The molecule has 6 rings (SSSR count). The first-order valence-electron chi connectivity index (χ1n) is 21.7. The summed E-state index contributed by atoms with van der Waals surface area (Å²) in [4.78, 5) is 98.6. The number of aliphatic hydroxyl groups is 1. The van der Waals surface area contributed by atoms with Crippen LogP contribution in [0.2, 0.25) is 0 Å². The molecule has 7 amide bonds. The summed E-state index contributed by atoms with van der Waals surface area (Å²) < 4.78 is 5.94. The molecule has 2 saturated heterocycles. The number of benzene rings is 2. The molecule has 4 heterocycles. The molecule has 4 unspecified atom stereocenters. The third-order valence-electron chi connectivity index (χ3n) is 11.7. The second kappa shape index (κ2) is 20.6. The van der Waals surface area contributed by atoms with E-state index in [0.717, 1.165) is 71.5 Å². The van der Waals surface area contributed by atoms with Crippen molar-refractivity contribution in [2.45, 2.75) is 136 Å². The molecule has 3 aliphatic heterocycles. The molecule has 4 atom stereocenters. The Kier molecular flexibility index (Phi) is 15.3. The van der Waals surface area contributed by atoms with Crippen LogP contribution in [0.4, 0.5) is 0 Å². The number of nitrogens with zero attached hydrogens (tertiary/aromatic N) is 3. The lowest BCUT2D eigenvalue weighted by atomic mass is 9.85. The molecule has 3 aromatic rings. The van der Waals surface area contributed by atoms with E-state index < -0.39 is 53.3 Å². The average molecular weight is 871 g/mol. The van der Waals surface area contributed by atoms with Crippen LogP contribution in [-0.2, 0) is 30.5 Å². The van der Waals surface area contributed by atoms with Crippen molar-refractivity contribution in [2.75, 3.05) is 13.2 Å². The number of aryl methyl sites for hydroxylation is 1. The van der Waals surface area contributed by atoms with E-state index in [0.29, 0.717) is 18.8 Å². The lowest BCUT2D eigenvalue weighted by Gasteiger charge is -2.35. The number of hydrogen-bond donors (Lipinski definition) is 4. The lowest BCUT2D eigenvalue weighted by molar-refractivity contribution is -0.144. The molecule has 1 aromatic heterocycles. The van der Waals surface area contributed by atoms with Crippen LogP contribution in [-0.4, -0.2) is 98.6 Å². The van der Waals surface area contributed by atoms with Crippen molar-refractivity contribution in [3.05, 3.63) is 70.4 Å². The van der Waals surface area contributed by atoms with Crippen molar-refractivity contribution < 1.29 is 43.4 Å². The minimum Gasteiger partial charge on any atom is -0.493 e. The van der Waals surface area contributed by atoms with Crippen LogP contribution in [0.25, 0.3) is 10.4 Å². The van der Waals surface area contributed by atoms with E-state index in [-0.39, 0.29) is 67.6 Å². The number of carbonyl (C=O) groups excluding carboxylic acids is 7. The third kappa shape index (κ3) is 11.1. The van der Waals surface area contributed by atoms with Gasteiger partial charge < -0.3 is 25.4 Å². The maximum absolute atomic E-state index is 14.0. The molecule has 2 fully saturated rings. The van der Waals surface area contributed by atoms with Crippen LogP contribution in [0.15, 0.2) is 48.0 Å². The summed E-state index contributed by atoms with van der Waals surface area (Å²) in [6.45, 7) is 8.23. The second-order valence-corrected chi connectivity index (χ2v) is 18.4. The Hall–Kier alpha value is -5.48. The maximum atomic E-state index is 14.0. The van der Waals surface area contributed by atoms with E-state index in [9.17, 15) is 38.7 Å². The smallest absolute Gasteiger partial charge is 0.266 e. The number of unbranched alkanes of at least 4 members (excludes halogenated alkanes) is 7. The Morgan fingerprint density at radius 1 is 0.952 bits per heavy atom. The molecule has 15 nitrogen and oxygen atoms in total. The number of carbonyl (C=O) groups is 7. The fourth-order valence-electron chi connectivity index (χ4n) is 8.25. The summed E-state index contributed by atoms with van der Waals surface area (Å²) in [5.41, 5.74) is 4.43. The molecule has 0 spiro atoms. The summed E-state index contributed by atoms with van der Waals surface area (Å²) in [5.74, 6) is -2.90. The average Bonchev–Trinajstić information content (AvgIpc) is 3.92. The highest BCUT2D eigenvalue weighted by Gasteiger charge is 2.47. The number of imide groups is 2. The zero-order chi connectivity index (χ0) is 44.6. The molecular weight excluding hydrogens is 813 g/mol. The van der Waals surface area contributed by atoms with Crippen molar-refractivity contribution >= 4 is 52.7 Å². The third-order valence-corrected chi connectivity index (χ3v) is 12.7. The Morgan fingerprint density at radius 2 is 1.65 bits per heavy atom. The minimum absolute atomic E-state index is 0.0142. The number of thiazole rings is 1. The summed E-state index contributed by atoms with van der Waals surface area (Å²) in [7, 11) is 0. The van der Waals surface area contributed by atoms with Crippen molar-refractivity contribution in [2.24, 2.45) is 5.41 Å². The number of piperidine rings is 1. The number of ether oxygens (including phenoxy) is 1. The first-order chi connectivity index (χ1) is 29.6. The van der Waals surface area contributed by atoms with Crippen molar-refractivity contribution in [1.29, 1.82) is 0 Å². The van der Waals surface area contributed by atoms with Gasteiger partial charge in [0.25, 0.3) is 11.8 Å². The van der Waals surface area contributed by atoms with E-state index >= 15 is 0 Å². The van der Waals surface area contributed by atoms with Crippen LogP contribution >= 0.6 is 11.3 Å². The highest BCUT2D eigenvalue weighted by atomic mass is 32.1. The van der Waals surface area contributed by atoms with Crippen molar-refractivity contribution in [1.82, 2.24) is 30.7 Å². The van der Waals surface area contributed by atoms with Crippen molar-refractivity contribution in [3.8, 4) is 16.2 Å². The van der Waals surface area contributed by atoms with E-state index in [4.69, 9.17) is 4.74 Å². The first-order valence-corrected chi connectivity index (χ1v) is 22.5. The van der Waals surface area contributed by atoms with Gasteiger partial charge in [-0.05, 0) is 54.9 Å². The molecule has 0 bridgehead atoms. The minimum atomic E-state index is -1.03. The molecular formula is C46H58N6O9S. The van der Waals surface area contributed by atoms with E-state index in [1.165, 1.54) is 4.90 Å². The van der Waals surface area contributed by atoms with Gasteiger partial charge >= 0.3 is 0 Å².